The number of carbonyl (C=O) groups excluding carboxylic acids is 2. The molecule has 2 aromatic rings. The van der Waals surface area contributed by atoms with Gasteiger partial charge < -0.3 is 0 Å². The molecule has 0 saturated carbocycles. The summed E-state index contributed by atoms with van der Waals surface area (Å²) in [5.41, 5.74) is 1.37. The van der Waals surface area contributed by atoms with Crippen LogP contribution in [-0.2, 0) is 0 Å². The highest BCUT2D eigenvalue weighted by Crippen LogP contribution is 2.29. The third-order valence-corrected chi connectivity index (χ3v) is 4.56. The fraction of sp³-hybridized carbons (Fsp3) is 0.222. The van der Waals surface area contributed by atoms with Crippen molar-refractivity contribution in [2.75, 3.05) is 5.75 Å². The summed E-state index contributed by atoms with van der Waals surface area (Å²) in [6.45, 7) is 3.73. The zero-order valence-corrected chi connectivity index (χ0v) is 13.0. The summed E-state index contributed by atoms with van der Waals surface area (Å²) in [5, 5.41) is 0. The molecule has 0 aliphatic carbocycles. The van der Waals surface area contributed by atoms with E-state index in [9.17, 15) is 9.59 Å². The minimum atomic E-state index is -0.619. The van der Waals surface area contributed by atoms with E-state index in [4.69, 9.17) is 0 Å². The van der Waals surface area contributed by atoms with Crippen LogP contribution in [0.4, 0.5) is 0 Å². The number of rotatable bonds is 6. The maximum Gasteiger partial charge on any atom is 0.178 e. The predicted molar refractivity (Wildman–Crippen MR) is 88.1 cm³/mol. The van der Waals surface area contributed by atoms with Crippen molar-refractivity contribution in [3.63, 3.8) is 0 Å². The minimum absolute atomic E-state index is 0.0500. The summed E-state index contributed by atoms with van der Waals surface area (Å²) in [6.07, 6.45) is 0. The molecule has 2 nitrogen and oxygen atoms in total. The minimum Gasteiger partial charge on any atom is -0.293 e. The zero-order valence-electron chi connectivity index (χ0n) is 12.2. The number of carbonyl (C=O) groups is 2. The van der Waals surface area contributed by atoms with Gasteiger partial charge in [-0.05, 0) is 13.8 Å². The van der Waals surface area contributed by atoms with Crippen LogP contribution in [0.2, 0.25) is 0 Å². The van der Waals surface area contributed by atoms with Gasteiger partial charge in [-0.15, -0.1) is 11.8 Å². The van der Waals surface area contributed by atoms with Gasteiger partial charge in [-0.2, -0.15) is 0 Å². The Morgan fingerprint density at radius 2 is 1.33 bits per heavy atom. The third kappa shape index (κ3) is 4.05. The standard InChI is InChI=1S/C18H18O2S/c1-18(2,17(20)15-11-7-4-8-12-15)21-13-16(19)14-9-5-3-6-10-14/h3-12H,13H2,1-2H3. The van der Waals surface area contributed by atoms with E-state index in [2.05, 4.69) is 0 Å². The maximum absolute atomic E-state index is 12.5. The number of hydrogen-bond donors (Lipinski definition) is 0. The van der Waals surface area contributed by atoms with E-state index in [1.54, 1.807) is 12.1 Å². The largest absolute Gasteiger partial charge is 0.293 e. The molecule has 3 heteroatoms. The van der Waals surface area contributed by atoms with Gasteiger partial charge in [0, 0.05) is 11.1 Å². The second kappa shape index (κ2) is 6.72. The molecule has 0 radical (unpaired) electrons. The first-order chi connectivity index (χ1) is 10.0. The third-order valence-electron chi connectivity index (χ3n) is 3.24. The lowest BCUT2D eigenvalue weighted by molar-refractivity contribution is 0.0958. The lowest BCUT2D eigenvalue weighted by atomic mass is 10.0. The van der Waals surface area contributed by atoms with Crippen molar-refractivity contribution in [2.45, 2.75) is 18.6 Å². The van der Waals surface area contributed by atoms with Gasteiger partial charge in [0.2, 0.25) is 0 Å². The Labute approximate surface area is 129 Å². The van der Waals surface area contributed by atoms with Crippen molar-refractivity contribution in [3.8, 4) is 0 Å². The zero-order chi connectivity index (χ0) is 15.3. The Bertz CT molecular complexity index is 618. The summed E-state index contributed by atoms with van der Waals surface area (Å²) in [4.78, 5) is 24.6. The van der Waals surface area contributed by atoms with Crippen molar-refractivity contribution >= 4 is 23.3 Å². The molecule has 0 aromatic heterocycles. The van der Waals surface area contributed by atoms with Gasteiger partial charge in [-0.1, -0.05) is 60.7 Å². The summed E-state index contributed by atoms with van der Waals surface area (Å²) in [6, 6.07) is 18.4. The van der Waals surface area contributed by atoms with Crippen LogP contribution >= 0.6 is 11.8 Å². The summed E-state index contributed by atoms with van der Waals surface area (Å²) >= 11 is 1.39. The smallest absolute Gasteiger partial charge is 0.178 e. The van der Waals surface area contributed by atoms with Crippen LogP contribution < -0.4 is 0 Å². The highest BCUT2D eigenvalue weighted by atomic mass is 32.2. The van der Waals surface area contributed by atoms with E-state index in [-0.39, 0.29) is 11.6 Å². The van der Waals surface area contributed by atoms with Gasteiger partial charge in [0.25, 0.3) is 0 Å². The van der Waals surface area contributed by atoms with Crippen LogP contribution in [0, 0.1) is 0 Å². The molecule has 0 amide bonds. The molecule has 21 heavy (non-hydrogen) atoms. The Morgan fingerprint density at radius 3 is 1.86 bits per heavy atom. The van der Waals surface area contributed by atoms with Crippen LogP contribution in [-0.4, -0.2) is 22.1 Å². The molecule has 0 bridgehead atoms. The van der Waals surface area contributed by atoms with Crippen molar-refractivity contribution < 1.29 is 9.59 Å². The van der Waals surface area contributed by atoms with Crippen LogP contribution in [0.1, 0.15) is 34.6 Å². The first kappa shape index (κ1) is 15.5. The van der Waals surface area contributed by atoms with E-state index in [0.717, 1.165) is 0 Å². The Kier molecular flexibility index (Phi) is 4.97. The second-order valence-electron chi connectivity index (χ2n) is 5.28. The van der Waals surface area contributed by atoms with Gasteiger partial charge >= 0.3 is 0 Å². The summed E-state index contributed by atoms with van der Waals surface area (Å²) < 4.78 is -0.619. The molecule has 2 aromatic carbocycles. The molecule has 0 heterocycles. The number of benzene rings is 2. The van der Waals surface area contributed by atoms with Crippen molar-refractivity contribution in [2.24, 2.45) is 0 Å². The summed E-state index contributed by atoms with van der Waals surface area (Å²) in [5.74, 6) is 0.402. The molecule has 0 saturated heterocycles. The second-order valence-corrected chi connectivity index (χ2v) is 6.88. The fourth-order valence-electron chi connectivity index (χ4n) is 1.96. The van der Waals surface area contributed by atoms with Crippen LogP contribution in [0.25, 0.3) is 0 Å². The molecule has 0 unspecified atom stereocenters. The SMILES string of the molecule is CC(C)(SCC(=O)c1ccccc1)C(=O)c1ccccc1. The monoisotopic (exact) mass is 298 g/mol. The van der Waals surface area contributed by atoms with Crippen molar-refractivity contribution in [3.05, 3.63) is 71.8 Å². The Balaban J connectivity index is 2.01. The van der Waals surface area contributed by atoms with Gasteiger partial charge in [0.15, 0.2) is 11.6 Å². The number of hydrogen-bond acceptors (Lipinski definition) is 3. The van der Waals surface area contributed by atoms with Crippen LogP contribution in [0.15, 0.2) is 60.7 Å². The van der Waals surface area contributed by atoms with Crippen molar-refractivity contribution in [1.82, 2.24) is 0 Å². The van der Waals surface area contributed by atoms with Crippen molar-refractivity contribution in [1.29, 1.82) is 0 Å². The molecular formula is C18H18O2S. The molecule has 2 rings (SSSR count). The van der Waals surface area contributed by atoms with E-state index in [0.29, 0.717) is 16.9 Å². The molecule has 108 valence electrons. The predicted octanol–water partition coefficient (Wildman–Crippen LogP) is 4.26. The average molecular weight is 298 g/mol. The highest BCUT2D eigenvalue weighted by Gasteiger charge is 2.29. The molecule has 0 spiro atoms. The Hall–Kier alpha value is -1.87. The van der Waals surface area contributed by atoms with E-state index in [1.807, 2.05) is 62.4 Å². The number of Topliss-reactive ketones (excluding diaryl/α,β-unsaturated/α-hetero) is 2. The lowest BCUT2D eigenvalue weighted by Gasteiger charge is -2.22. The summed E-state index contributed by atoms with van der Waals surface area (Å²) in [7, 11) is 0. The topological polar surface area (TPSA) is 34.1 Å². The van der Waals surface area contributed by atoms with Gasteiger partial charge in [0.05, 0.1) is 10.5 Å². The molecule has 0 fully saturated rings. The van der Waals surface area contributed by atoms with E-state index in [1.165, 1.54) is 11.8 Å². The Morgan fingerprint density at radius 1 is 0.857 bits per heavy atom. The molecular weight excluding hydrogens is 280 g/mol. The molecule has 0 aliphatic heterocycles. The average Bonchev–Trinajstić information content (AvgIpc) is 2.53. The molecule has 0 atom stereocenters. The fourth-order valence-corrected chi connectivity index (χ4v) is 2.86. The van der Waals surface area contributed by atoms with Gasteiger partial charge in [-0.3, -0.25) is 9.59 Å². The number of ketones is 2. The van der Waals surface area contributed by atoms with Crippen LogP contribution in [0.3, 0.4) is 0 Å². The van der Waals surface area contributed by atoms with Crippen LogP contribution in [0.5, 0.6) is 0 Å². The lowest BCUT2D eigenvalue weighted by Crippen LogP contribution is -2.29. The highest BCUT2D eigenvalue weighted by molar-refractivity contribution is 8.02. The number of thioether (sulfide) groups is 1. The van der Waals surface area contributed by atoms with E-state index >= 15 is 0 Å². The van der Waals surface area contributed by atoms with Gasteiger partial charge in [0.1, 0.15) is 0 Å². The quantitative estimate of drug-likeness (QED) is 0.747. The molecule has 0 N–H and O–H groups in total. The van der Waals surface area contributed by atoms with Gasteiger partial charge in [-0.25, -0.2) is 0 Å². The first-order valence-corrected chi connectivity index (χ1v) is 7.81. The normalized spacial score (nSPS) is 11.1. The van der Waals surface area contributed by atoms with E-state index < -0.39 is 4.75 Å². The maximum atomic E-state index is 12.5. The molecule has 0 aliphatic rings. The first-order valence-electron chi connectivity index (χ1n) is 6.83.